The summed E-state index contributed by atoms with van der Waals surface area (Å²) in [5.74, 6) is 0.806. The Kier molecular flexibility index (Phi) is 5.58. The molecule has 0 aliphatic rings. The highest BCUT2D eigenvalue weighted by Gasteiger charge is 2.15. The zero-order valence-electron chi connectivity index (χ0n) is 17.6. The molecule has 0 atom stereocenters. The number of aromatic nitrogens is 3. The smallest absolute Gasteiger partial charge is 0.323 e. The summed E-state index contributed by atoms with van der Waals surface area (Å²) in [5, 5.41) is 10.00. The highest BCUT2D eigenvalue weighted by atomic mass is 16.2. The molecule has 4 aromatic rings. The highest BCUT2D eigenvalue weighted by molar-refractivity contribution is 6.00. The molecule has 4 rings (SSSR count). The summed E-state index contributed by atoms with van der Waals surface area (Å²) in [4.78, 5) is 16.5. The van der Waals surface area contributed by atoms with Crippen LogP contribution >= 0.6 is 0 Å². The summed E-state index contributed by atoms with van der Waals surface area (Å²) in [6.45, 7) is 8.25. The zero-order chi connectivity index (χ0) is 22.0. The number of urea groups is 1. The van der Waals surface area contributed by atoms with Crippen molar-refractivity contribution in [2.45, 2.75) is 26.2 Å². The van der Waals surface area contributed by atoms with Gasteiger partial charge >= 0.3 is 6.03 Å². The third-order valence-corrected chi connectivity index (χ3v) is 5.19. The Morgan fingerprint density at radius 1 is 1.13 bits per heavy atom. The minimum absolute atomic E-state index is 0.293. The fourth-order valence-corrected chi connectivity index (χ4v) is 3.59. The maximum Gasteiger partial charge on any atom is 0.323 e. The summed E-state index contributed by atoms with van der Waals surface area (Å²) in [7, 11) is 0. The normalized spacial score (nSPS) is 11.1. The molecule has 2 amide bonds. The number of carbonyl (C=O) groups excluding carboxylic acids is 1. The van der Waals surface area contributed by atoms with E-state index in [1.165, 1.54) is 11.9 Å². The SMILES string of the molecule is [CH2]Cc1cn2ncnc(N)c2c1-c1ccc(NC(=O)Nc2cccc(C(C)C)c2)cc1. The highest BCUT2D eigenvalue weighted by Crippen LogP contribution is 2.33. The van der Waals surface area contributed by atoms with Crippen molar-refractivity contribution >= 4 is 28.7 Å². The van der Waals surface area contributed by atoms with E-state index >= 15 is 0 Å². The lowest BCUT2D eigenvalue weighted by atomic mass is 10.0. The van der Waals surface area contributed by atoms with Crippen LogP contribution < -0.4 is 16.4 Å². The van der Waals surface area contributed by atoms with Gasteiger partial charge in [0.2, 0.25) is 0 Å². The van der Waals surface area contributed by atoms with E-state index < -0.39 is 0 Å². The first-order valence-corrected chi connectivity index (χ1v) is 10.1. The van der Waals surface area contributed by atoms with E-state index in [1.807, 2.05) is 48.7 Å². The summed E-state index contributed by atoms with van der Waals surface area (Å²) in [6.07, 6.45) is 3.94. The van der Waals surface area contributed by atoms with Gasteiger partial charge in [-0.15, -0.1) is 0 Å². The first-order chi connectivity index (χ1) is 15.0. The molecule has 2 heterocycles. The number of fused-ring (bicyclic) bond motifs is 1. The quantitative estimate of drug-likeness (QED) is 0.423. The molecular weight excluding hydrogens is 388 g/mol. The predicted molar refractivity (Wildman–Crippen MR) is 125 cm³/mol. The van der Waals surface area contributed by atoms with Crippen LogP contribution in [-0.4, -0.2) is 20.6 Å². The molecule has 0 bridgehead atoms. The number of nitrogen functional groups attached to an aromatic ring is 1. The molecule has 7 nitrogen and oxygen atoms in total. The van der Waals surface area contributed by atoms with E-state index in [0.717, 1.165) is 27.9 Å². The fourth-order valence-electron chi connectivity index (χ4n) is 3.59. The summed E-state index contributed by atoms with van der Waals surface area (Å²) in [6, 6.07) is 15.2. The first kappa shape index (κ1) is 20.4. The van der Waals surface area contributed by atoms with E-state index in [-0.39, 0.29) is 6.03 Å². The van der Waals surface area contributed by atoms with Gasteiger partial charge in [-0.2, -0.15) is 5.10 Å². The molecule has 0 aliphatic heterocycles. The largest absolute Gasteiger partial charge is 0.382 e. The molecule has 7 heteroatoms. The van der Waals surface area contributed by atoms with Crippen LogP contribution in [-0.2, 0) is 6.42 Å². The number of rotatable bonds is 5. The summed E-state index contributed by atoms with van der Waals surface area (Å²) >= 11 is 0. The van der Waals surface area contributed by atoms with Crippen molar-refractivity contribution in [3.63, 3.8) is 0 Å². The van der Waals surface area contributed by atoms with Crippen LogP contribution in [0.5, 0.6) is 0 Å². The van der Waals surface area contributed by atoms with Gasteiger partial charge in [-0.3, -0.25) is 0 Å². The first-order valence-electron chi connectivity index (χ1n) is 10.1. The minimum atomic E-state index is -0.293. The third kappa shape index (κ3) is 4.21. The molecular formula is C24H25N6O. The van der Waals surface area contributed by atoms with Gasteiger partial charge in [0.05, 0.1) is 0 Å². The number of amides is 2. The van der Waals surface area contributed by atoms with Gasteiger partial charge < -0.3 is 16.4 Å². The van der Waals surface area contributed by atoms with Crippen LogP contribution in [0.3, 0.4) is 0 Å². The number of hydrogen-bond acceptors (Lipinski definition) is 4. The average Bonchev–Trinajstić information content (AvgIpc) is 3.14. The van der Waals surface area contributed by atoms with E-state index in [0.29, 0.717) is 23.8 Å². The molecule has 0 saturated heterocycles. The number of nitrogens with one attached hydrogen (secondary N) is 2. The van der Waals surface area contributed by atoms with Crippen LogP contribution in [0.15, 0.2) is 61.1 Å². The second-order valence-corrected chi connectivity index (χ2v) is 7.65. The number of carbonyl (C=O) groups is 1. The number of anilines is 3. The lowest BCUT2D eigenvalue weighted by Crippen LogP contribution is -2.19. The standard InChI is InChI=1S/C24H25N6O/c1-4-16-13-30-22(23(25)26-14-27-30)21(16)17-8-10-19(11-9-17)28-24(31)29-20-7-5-6-18(12-20)15(2)3/h5-15H,1,4H2,2-3H3,(H2,25,26,27)(H2,28,29,31). The van der Waals surface area contributed by atoms with E-state index in [1.54, 1.807) is 4.52 Å². The average molecular weight is 414 g/mol. The summed E-state index contributed by atoms with van der Waals surface area (Å²) in [5.41, 5.74) is 12.4. The second kappa shape index (κ2) is 8.47. The van der Waals surface area contributed by atoms with Crippen molar-refractivity contribution in [2.75, 3.05) is 16.4 Å². The molecule has 31 heavy (non-hydrogen) atoms. The van der Waals surface area contributed by atoms with Gasteiger partial charge in [-0.05, 0) is 60.2 Å². The second-order valence-electron chi connectivity index (χ2n) is 7.65. The fraction of sp³-hybridized carbons (Fsp3) is 0.167. The number of nitrogens with zero attached hydrogens (tertiary/aromatic N) is 3. The van der Waals surface area contributed by atoms with E-state index in [9.17, 15) is 4.79 Å². The Bertz CT molecular complexity index is 1230. The van der Waals surface area contributed by atoms with Crippen molar-refractivity contribution in [1.82, 2.24) is 14.6 Å². The molecule has 2 aromatic carbocycles. The molecule has 4 N–H and O–H groups in total. The Labute approximate surface area is 181 Å². The Morgan fingerprint density at radius 3 is 2.58 bits per heavy atom. The number of benzene rings is 2. The van der Waals surface area contributed by atoms with Crippen molar-refractivity contribution in [3.8, 4) is 11.1 Å². The van der Waals surface area contributed by atoms with Gasteiger partial charge in [0.15, 0.2) is 5.82 Å². The van der Waals surface area contributed by atoms with Gasteiger partial charge in [-0.1, -0.05) is 38.1 Å². The van der Waals surface area contributed by atoms with Crippen LogP contribution in [0.4, 0.5) is 22.0 Å². The van der Waals surface area contributed by atoms with Crippen LogP contribution in [0, 0.1) is 6.92 Å². The number of nitrogens with two attached hydrogens (primary N) is 1. The number of hydrogen-bond donors (Lipinski definition) is 3. The van der Waals surface area contributed by atoms with Crippen LogP contribution in [0.1, 0.15) is 30.9 Å². The minimum Gasteiger partial charge on any atom is -0.382 e. The summed E-state index contributed by atoms with van der Waals surface area (Å²) < 4.78 is 1.73. The zero-order valence-corrected chi connectivity index (χ0v) is 17.6. The van der Waals surface area contributed by atoms with Crippen LogP contribution in [0.25, 0.3) is 16.6 Å². The van der Waals surface area contributed by atoms with Crippen molar-refractivity contribution in [2.24, 2.45) is 0 Å². The van der Waals surface area contributed by atoms with Crippen molar-refractivity contribution < 1.29 is 4.79 Å². The Hall–Kier alpha value is -3.87. The van der Waals surface area contributed by atoms with Crippen molar-refractivity contribution in [1.29, 1.82) is 0 Å². The van der Waals surface area contributed by atoms with Gasteiger partial charge in [0, 0.05) is 23.1 Å². The monoisotopic (exact) mass is 413 g/mol. The van der Waals surface area contributed by atoms with Gasteiger partial charge in [0.25, 0.3) is 0 Å². The molecule has 0 unspecified atom stereocenters. The Balaban J connectivity index is 1.54. The van der Waals surface area contributed by atoms with Crippen LogP contribution in [0.2, 0.25) is 0 Å². The topological polar surface area (TPSA) is 97.3 Å². The molecule has 2 aromatic heterocycles. The lowest BCUT2D eigenvalue weighted by Gasteiger charge is -2.11. The molecule has 0 spiro atoms. The van der Waals surface area contributed by atoms with Gasteiger partial charge in [0.1, 0.15) is 11.8 Å². The van der Waals surface area contributed by atoms with E-state index in [4.69, 9.17) is 5.73 Å². The van der Waals surface area contributed by atoms with Gasteiger partial charge in [-0.25, -0.2) is 14.3 Å². The Morgan fingerprint density at radius 2 is 1.87 bits per heavy atom. The molecule has 0 fully saturated rings. The van der Waals surface area contributed by atoms with Crippen molar-refractivity contribution in [3.05, 3.63) is 79.1 Å². The van der Waals surface area contributed by atoms with E-state index in [2.05, 4.69) is 47.6 Å². The lowest BCUT2D eigenvalue weighted by molar-refractivity contribution is 0.262. The maximum absolute atomic E-state index is 12.4. The molecule has 0 aliphatic carbocycles. The molecule has 1 radical (unpaired) electrons. The molecule has 0 saturated carbocycles. The predicted octanol–water partition coefficient (Wildman–Crippen LogP) is 5.12. The third-order valence-electron chi connectivity index (χ3n) is 5.19. The maximum atomic E-state index is 12.4. The molecule has 157 valence electrons.